The van der Waals surface area contributed by atoms with Gasteiger partial charge >= 0.3 is 0 Å². The van der Waals surface area contributed by atoms with Crippen molar-refractivity contribution in [2.75, 3.05) is 9.80 Å². The fourth-order valence-electron chi connectivity index (χ4n) is 14.8. The molecule has 89 heavy (non-hydrogen) atoms. The van der Waals surface area contributed by atoms with Crippen LogP contribution in [-0.4, -0.2) is 6.71 Å². The maximum Gasteiger partial charge on any atom is 0.252 e. The van der Waals surface area contributed by atoms with Crippen molar-refractivity contribution in [3.8, 4) is 89.8 Å². The van der Waals surface area contributed by atoms with Crippen LogP contribution in [0.2, 0.25) is 0 Å². The lowest BCUT2D eigenvalue weighted by Crippen LogP contribution is -2.61. The highest BCUT2D eigenvalue weighted by Crippen LogP contribution is 2.56. The van der Waals surface area contributed by atoms with E-state index in [0.29, 0.717) is 0 Å². The van der Waals surface area contributed by atoms with Crippen molar-refractivity contribution in [2.45, 2.75) is 38.5 Å². The first-order valence-corrected chi connectivity index (χ1v) is 31.0. The van der Waals surface area contributed by atoms with E-state index in [1.54, 1.807) is 0 Å². The highest BCUT2D eigenvalue weighted by atomic mass is 16.5. The van der Waals surface area contributed by atoms with Gasteiger partial charge in [-0.25, -0.2) is 0 Å². The lowest BCUT2D eigenvalue weighted by atomic mass is 9.33. The lowest BCUT2D eigenvalue weighted by molar-refractivity contribution is 0.418. The Bertz CT molecular complexity index is 4960. The third-order valence-electron chi connectivity index (χ3n) is 19.4. The number of ether oxygens (including phenoxy) is 2. The molecule has 0 aliphatic carbocycles. The van der Waals surface area contributed by atoms with E-state index in [4.69, 9.17) is 9.47 Å². The number of fused-ring (bicyclic) bond motifs is 8. The number of benzene rings is 13. The SMILES string of the molecule is CC1(C)c2ccccc2Oc2cc(-c3cc4c5c(c3)N(c3ccc(-c6ccccc6)cc3-c3ccccc3)c3cc6c(cc3B5c3cc(-c5ccccc5)ccc3N4c3ccc(-c4ccccc4)cc3-c3ccccc3)Oc3ccccc3C6(C)C)ccc21. The highest BCUT2D eigenvalue weighted by molar-refractivity contribution is 7.00. The summed E-state index contributed by atoms with van der Waals surface area (Å²) in [5.74, 6) is 3.53. The summed E-state index contributed by atoms with van der Waals surface area (Å²) in [7, 11) is 0. The van der Waals surface area contributed by atoms with Gasteiger partial charge in [-0.1, -0.05) is 252 Å². The molecule has 0 N–H and O–H groups in total. The van der Waals surface area contributed by atoms with Crippen LogP contribution in [0.25, 0.3) is 66.8 Å². The second-order valence-corrected chi connectivity index (χ2v) is 25.2. The molecule has 0 fully saturated rings. The zero-order valence-corrected chi connectivity index (χ0v) is 50.1. The largest absolute Gasteiger partial charge is 0.457 e. The summed E-state index contributed by atoms with van der Waals surface area (Å²) in [6, 6.07) is 109. The van der Waals surface area contributed by atoms with Gasteiger partial charge in [0.2, 0.25) is 0 Å². The molecule has 0 spiro atoms. The molecule has 0 saturated heterocycles. The van der Waals surface area contributed by atoms with Crippen LogP contribution in [0.4, 0.5) is 34.1 Å². The van der Waals surface area contributed by atoms with Gasteiger partial charge in [0.15, 0.2) is 0 Å². The normalized spacial score (nSPS) is 14.1. The second-order valence-electron chi connectivity index (χ2n) is 25.2. The summed E-state index contributed by atoms with van der Waals surface area (Å²) in [5.41, 5.74) is 27.7. The molecular weight excluding hydrogens is 1080 g/mol. The average molecular weight is 1140 g/mol. The van der Waals surface area contributed by atoms with Crippen molar-refractivity contribution < 1.29 is 9.47 Å². The van der Waals surface area contributed by atoms with Gasteiger partial charge in [-0.3, -0.25) is 0 Å². The minimum atomic E-state index is -0.408. The Morgan fingerprint density at radius 2 is 0.618 bits per heavy atom. The molecule has 0 saturated carbocycles. The molecule has 0 amide bonds. The van der Waals surface area contributed by atoms with E-state index in [1.807, 2.05) is 0 Å². The molecule has 4 nitrogen and oxygen atoms in total. The van der Waals surface area contributed by atoms with Gasteiger partial charge in [-0.2, -0.15) is 0 Å². The Morgan fingerprint density at radius 1 is 0.247 bits per heavy atom. The first-order chi connectivity index (χ1) is 43.6. The molecule has 4 aliphatic heterocycles. The molecule has 0 unspecified atom stereocenters. The fraction of sp³-hybridized carbons (Fsp3) is 0.0714. The third-order valence-corrected chi connectivity index (χ3v) is 19.4. The maximum absolute atomic E-state index is 7.21. The minimum absolute atomic E-state index is 0.249. The Labute approximate surface area is 521 Å². The van der Waals surface area contributed by atoms with E-state index in [2.05, 4.69) is 335 Å². The predicted octanol–water partition coefficient (Wildman–Crippen LogP) is 20.6. The first kappa shape index (κ1) is 52.5. The molecule has 13 aromatic carbocycles. The lowest BCUT2D eigenvalue weighted by Gasteiger charge is -2.46. The van der Waals surface area contributed by atoms with Crippen LogP contribution in [0.1, 0.15) is 49.9 Å². The zero-order valence-electron chi connectivity index (χ0n) is 50.1. The van der Waals surface area contributed by atoms with Crippen LogP contribution in [0.3, 0.4) is 0 Å². The summed E-state index contributed by atoms with van der Waals surface area (Å²) in [5, 5.41) is 0. The van der Waals surface area contributed by atoms with E-state index < -0.39 is 5.41 Å². The van der Waals surface area contributed by atoms with Crippen molar-refractivity contribution in [3.05, 3.63) is 320 Å². The minimum Gasteiger partial charge on any atom is -0.457 e. The molecule has 4 heterocycles. The topological polar surface area (TPSA) is 24.9 Å². The van der Waals surface area contributed by atoms with E-state index in [-0.39, 0.29) is 12.1 Å². The summed E-state index contributed by atoms with van der Waals surface area (Å²) in [6.45, 7) is 9.09. The number of hydrogen-bond donors (Lipinski definition) is 0. The van der Waals surface area contributed by atoms with Crippen molar-refractivity contribution in [1.29, 1.82) is 0 Å². The van der Waals surface area contributed by atoms with Crippen LogP contribution >= 0.6 is 0 Å². The average Bonchev–Trinajstić information content (AvgIpc) is 0.746. The second kappa shape index (κ2) is 20.4. The maximum atomic E-state index is 7.21. The molecule has 4 aliphatic rings. The van der Waals surface area contributed by atoms with Gasteiger partial charge in [0, 0.05) is 67.0 Å². The Hall–Kier alpha value is -10.9. The van der Waals surface area contributed by atoms with Gasteiger partial charge in [-0.05, 0) is 145 Å². The number of rotatable bonds is 8. The van der Waals surface area contributed by atoms with Crippen LogP contribution < -0.4 is 35.7 Å². The number of para-hydroxylation sites is 2. The van der Waals surface area contributed by atoms with Gasteiger partial charge < -0.3 is 19.3 Å². The molecule has 13 aromatic rings. The number of anilines is 6. The summed E-state index contributed by atoms with van der Waals surface area (Å²) in [6.07, 6.45) is 0. The molecule has 0 bridgehead atoms. The van der Waals surface area contributed by atoms with Crippen molar-refractivity contribution in [3.63, 3.8) is 0 Å². The summed E-state index contributed by atoms with van der Waals surface area (Å²) in [4.78, 5) is 5.19. The number of nitrogens with zero attached hydrogens (tertiary/aromatic N) is 2. The third kappa shape index (κ3) is 8.44. The van der Waals surface area contributed by atoms with Crippen molar-refractivity contribution in [1.82, 2.24) is 0 Å². The van der Waals surface area contributed by atoms with Crippen molar-refractivity contribution >= 4 is 57.2 Å². The molecule has 0 atom stereocenters. The molecule has 5 heteroatoms. The van der Waals surface area contributed by atoms with E-state index in [0.717, 1.165) is 135 Å². The zero-order chi connectivity index (χ0) is 59.5. The van der Waals surface area contributed by atoms with Gasteiger partial charge in [0.05, 0.1) is 11.4 Å². The summed E-state index contributed by atoms with van der Waals surface area (Å²) < 4.78 is 14.2. The van der Waals surface area contributed by atoms with Crippen LogP contribution in [0, 0.1) is 0 Å². The molecule has 0 radical (unpaired) electrons. The van der Waals surface area contributed by atoms with E-state index >= 15 is 0 Å². The Balaban J connectivity index is 1.01. The predicted molar refractivity (Wildman–Crippen MR) is 370 cm³/mol. The molecule has 422 valence electrons. The summed E-state index contributed by atoms with van der Waals surface area (Å²) >= 11 is 0. The molecule has 0 aromatic heterocycles. The molecule has 17 rings (SSSR count). The van der Waals surface area contributed by atoms with Crippen LogP contribution in [0.15, 0.2) is 297 Å². The van der Waals surface area contributed by atoms with Crippen molar-refractivity contribution in [2.24, 2.45) is 0 Å². The van der Waals surface area contributed by atoms with Crippen LogP contribution in [0.5, 0.6) is 23.0 Å². The number of hydrogen-bond acceptors (Lipinski definition) is 4. The molecular formula is C84H61BN2O2. The highest BCUT2D eigenvalue weighted by Gasteiger charge is 2.47. The Morgan fingerprint density at radius 3 is 1.12 bits per heavy atom. The first-order valence-electron chi connectivity index (χ1n) is 31.0. The van der Waals surface area contributed by atoms with Gasteiger partial charge in [-0.15, -0.1) is 0 Å². The van der Waals surface area contributed by atoms with E-state index in [9.17, 15) is 0 Å². The smallest absolute Gasteiger partial charge is 0.252 e. The van der Waals surface area contributed by atoms with Gasteiger partial charge in [0.25, 0.3) is 6.71 Å². The standard InChI is InChI=1S/C84H61BN2O2/c1-83(2)66-34-20-22-36-78(66)88-80-51-62(38-42-68(80)83)63-49-76-82-77(50-63)87(73-44-40-60(55-26-12-6-13-27-55)47-65(73)58-32-18-9-19-33-58)75-52-69-81(89-79-37-23-21-35-67(79)84(69,3)4)53-71(75)85(82)70-48-61(56-28-14-7-15-29-56)41-45-74(70)86(76)72-43-39-59(54-24-10-5-11-25-54)46-64(72)57-30-16-8-17-31-57/h5-53H,1-4H3. The van der Waals surface area contributed by atoms with Gasteiger partial charge in [0.1, 0.15) is 23.0 Å². The monoisotopic (exact) mass is 1140 g/mol. The van der Waals surface area contributed by atoms with E-state index in [1.165, 1.54) is 27.5 Å². The van der Waals surface area contributed by atoms with Crippen LogP contribution in [-0.2, 0) is 10.8 Å². The Kier molecular flexibility index (Phi) is 12.0. The fourth-order valence-corrected chi connectivity index (χ4v) is 14.8. The quantitative estimate of drug-likeness (QED) is 0.142.